The smallest absolute Gasteiger partial charge is 0.410 e. The molecule has 0 unspecified atom stereocenters. The number of nitrogens with zero attached hydrogens (tertiary/aromatic N) is 2. The summed E-state index contributed by atoms with van der Waals surface area (Å²) in [6, 6.07) is 0. The van der Waals surface area contributed by atoms with Crippen molar-refractivity contribution in [3.05, 3.63) is 0 Å². The topological polar surface area (TPSA) is 79.0 Å². The first kappa shape index (κ1) is 22.1. The summed E-state index contributed by atoms with van der Waals surface area (Å²) in [6.07, 6.45) is -0.368. The van der Waals surface area contributed by atoms with Crippen LogP contribution in [0.15, 0.2) is 0 Å². The average molecular weight is 352 g/mol. The van der Waals surface area contributed by atoms with Crippen molar-refractivity contribution < 1.29 is 17.9 Å². The highest BCUT2D eigenvalue weighted by Crippen LogP contribution is 2.17. The molecule has 0 aliphatic carbocycles. The first-order chi connectivity index (χ1) is 10.2. The molecule has 0 aliphatic rings. The Morgan fingerprint density at radius 3 is 1.96 bits per heavy atom. The molecule has 0 aromatic rings. The van der Waals surface area contributed by atoms with E-state index in [-0.39, 0.29) is 17.4 Å². The SMILES string of the molecule is CN(C)S(=O)(=O)CCNCCN(C(=O)OC(C)(C)C)C(C)(C)C. The van der Waals surface area contributed by atoms with Gasteiger partial charge in [-0.05, 0) is 41.5 Å². The minimum atomic E-state index is -3.20. The van der Waals surface area contributed by atoms with E-state index in [1.54, 1.807) is 4.90 Å². The molecular weight excluding hydrogens is 318 g/mol. The van der Waals surface area contributed by atoms with Gasteiger partial charge in [0.15, 0.2) is 0 Å². The van der Waals surface area contributed by atoms with E-state index in [9.17, 15) is 13.2 Å². The maximum Gasteiger partial charge on any atom is 0.410 e. The van der Waals surface area contributed by atoms with Gasteiger partial charge >= 0.3 is 6.09 Å². The van der Waals surface area contributed by atoms with Crippen molar-refractivity contribution >= 4 is 16.1 Å². The molecular formula is C15H33N3O4S. The van der Waals surface area contributed by atoms with E-state index >= 15 is 0 Å². The van der Waals surface area contributed by atoms with Crippen molar-refractivity contribution in [1.29, 1.82) is 0 Å². The number of rotatable bonds is 7. The van der Waals surface area contributed by atoms with Gasteiger partial charge in [-0.1, -0.05) is 0 Å². The van der Waals surface area contributed by atoms with Gasteiger partial charge in [-0.3, -0.25) is 0 Å². The van der Waals surface area contributed by atoms with Crippen molar-refractivity contribution in [3.8, 4) is 0 Å². The maximum atomic E-state index is 12.3. The summed E-state index contributed by atoms with van der Waals surface area (Å²) >= 11 is 0. The molecule has 0 rings (SSSR count). The predicted molar refractivity (Wildman–Crippen MR) is 93.0 cm³/mol. The summed E-state index contributed by atoms with van der Waals surface area (Å²) in [5.74, 6) is 0.0297. The lowest BCUT2D eigenvalue weighted by Gasteiger charge is -2.36. The zero-order valence-electron chi connectivity index (χ0n) is 15.8. The summed E-state index contributed by atoms with van der Waals surface area (Å²) in [5.41, 5.74) is -0.923. The summed E-state index contributed by atoms with van der Waals surface area (Å²) in [7, 11) is -0.176. The van der Waals surface area contributed by atoms with E-state index < -0.39 is 15.6 Å². The maximum absolute atomic E-state index is 12.3. The number of sulfonamides is 1. The molecule has 0 radical (unpaired) electrons. The number of hydrogen-bond donors (Lipinski definition) is 1. The molecule has 1 N–H and O–H groups in total. The van der Waals surface area contributed by atoms with Crippen molar-refractivity contribution in [2.24, 2.45) is 0 Å². The van der Waals surface area contributed by atoms with E-state index in [4.69, 9.17) is 4.74 Å². The van der Waals surface area contributed by atoms with Crippen LogP contribution in [-0.4, -0.2) is 74.3 Å². The van der Waals surface area contributed by atoms with Gasteiger partial charge in [-0.15, -0.1) is 0 Å². The zero-order chi connectivity index (χ0) is 18.5. The molecule has 8 heteroatoms. The quantitative estimate of drug-likeness (QED) is 0.703. The highest BCUT2D eigenvalue weighted by molar-refractivity contribution is 7.89. The first-order valence-electron chi connectivity index (χ1n) is 7.78. The Morgan fingerprint density at radius 1 is 1.04 bits per heavy atom. The molecule has 0 saturated carbocycles. The Labute approximate surface area is 141 Å². The first-order valence-corrected chi connectivity index (χ1v) is 9.39. The van der Waals surface area contributed by atoms with Gasteiger partial charge in [0.05, 0.1) is 5.75 Å². The van der Waals surface area contributed by atoms with Crippen LogP contribution in [0.25, 0.3) is 0 Å². The van der Waals surface area contributed by atoms with E-state index in [0.717, 1.165) is 0 Å². The van der Waals surface area contributed by atoms with Crippen LogP contribution in [0.4, 0.5) is 4.79 Å². The number of nitrogens with one attached hydrogen (secondary N) is 1. The third-order valence-electron chi connectivity index (χ3n) is 3.03. The van der Waals surface area contributed by atoms with Crippen LogP contribution < -0.4 is 5.32 Å². The average Bonchev–Trinajstić information content (AvgIpc) is 2.29. The molecule has 0 fully saturated rings. The van der Waals surface area contributed by atoms with Crippen molar-refractivity contribution in [2.75, 3.05) is 39.5 Å². The Bertz CT molecular complexity index is 476. The van der Waals surface area contributed by atoms with Crippen LogP contribution in [0, 0.1) is 0 Å². The third-order valence-corrected chi connectivity index (χ3v) is 4.86. The Hall–Kier alpha value is -0.860. The van der Waals surface area contributed by atoms with Gasteiger partial charge < -0.3 is 15.0 Å². The molecule has 0 saturated heterocycles. The minimum absolute atomic E-state index is 0.0297. The van der Waals surface area contributed by atoms with Crippen LogP contribution >= 0.6 is 0 Å². The number of hydrogen-bond acceptors (Lipinski definition) is 5. The normalized spacial score (nSPS) is 13.3. The highest BCUT2D eigenvalue weighted by atomic mass is 32.2. The Balaban J connectivity index is 4.47. The molecule has 0 bridgehead atoms. The summed E-state index contributed by atoms with van der Waals surface area (Å²) < 4.78 is 29.9. The van der Waals surface area contributed by atoms with Gasteiger partial charge in [0.1, 0.15) is 5.60 Å². The highest BCUT2D eigenvalue weighted by Gasteiger charge is 2.30. The Kier molecular flexibility index (Phi) is 7.99. The lowest BCUT2D eigenvalue weighted by molar-refractivity contribution is 0.00668. The second-order valence-electron chi connectivity index (χ2n) is 7.65. The van der Waals surface area contributed by atoms with Crippen molar-refractivity contribution in [2.45, 2.75) is 52.7 Å². The molecule has 0 spiro atoms. The minimum Gasteiger partial charge on any atom is -0.444 e. The number of carbonyl (C=O) groups excluding carboxylic acids is 1. The standard InChI is InChI=1S/C15H33N3O4S/c1-14(2,3)18(13(19)22-15(4,5)6)11-9-16-10-12-23(20,21)17(7)8/h16H,9-12H2,1-8H3. The summed E-state index contributed by atoms with van der Waals surface area (Å²) in [6.45, 7) is 12.6. The Morgan fingerprint density at radius 2 is 1.57 bits per heavy atom. The fourth-order valence-corrected chi connectivity index (χ4v) is 2.48. The predicted octanol–water partition coefficient (Wildman–Crippen LogP) is 1.50. The second-order valence-corrected chi connectivity index (χ2v) is 9.95. The molecule has 0 atom stereocenters. The molecule has 0 heterocycles. The van der Waals surface area contributed by atoms with E-state index in [0.29, 0.717) is 19.6 Å². The van der Waals surface area contributed by atoms with Gasteiger partial charge in [-0.2, -0.15) is 0 Å². The lowest BCUT2D eigenvalue weighted by Crippen LogP contribution is -2.50. The largest absolute Gasteiger partial charge is 0.444 e. The molecule has 0 aromatic heterocycles. The molecule has 138 valence electrons. The van der Waals surface area contributed by atoms with Crippen LogP contribution in [0.3, 0.4) is 0 Å². The summed E-state index contributed by atoms with van der Waals surface area (Å²) in [5, 5.41) is 3.06. The van der Waals surface area contributed by atoms with Crippen LogP contribution in [0.1, 0.15) is 41.5 Å². The summed E-state index contributed by atoms with van der Waals surface area (Å²) in [4.78, 5) is 13.9. The molecule has 1 amide bonds. The molecule has 0 aromatic carbocycles. The molecule has 7 nitrogen and oxygen atoms in total. The fourth-order valence-electron chi connectivity index (χ4n) is 1.72. The third kappa shape index (κ3) is 9.12. The zero-order valence-corrected chi connectivity index (χ0v) is 16.6. The van der Waals surface area contributed by atoms with E-state index in [1.807, 2.05) is 41.5 Å². The second kappa shape index (κ2) is 8.30. The molecule has 23 heavy (non-hydrogen) atoms. The van der Waals surface area contributed by atoms with Gasteiger partial charge in [0.25, 0.3) is 0 Å². The van der Waals surface area contributed by atoms with Crippen molar-refractivity contribution in [3.63, 3.8) is 0 Å². The monoisotopic (exact) mass is 351 g/mol. The van der Waals surface area contributed by atoms with Gasteiger partial charge in [-0.25, -0.2) is 17.5 Å². The number of ether oxygens (including phenoxy) is 1. The van der Waals surface area contributed by atoms with Crippen LogP contribution in [0.2, 0.25) is 0 Å². The number of carbonyl (C=O) groups is 1. The van der Waals surface area contributed by atoms with Crippen LogP contribution in [-0.2, 0) is 14.8 Å². The van der Waals surface area contributed by atoms with E-state index in [2.05, 4.69) is 5.32 Å². The van der Waals surface area contributed by atoms with Gasteiger partial charge in [0, 0.05) is 39.3 Å². The van der Waals surface area contributed by atoms with Gasteiger partial charge in [0.2, 0.25) is 10.0 Å². The fraction of sp³-hybridized carbons (Fsp3) is 0.933. The van der Waals surface area contributed by atoms with Crippen LogP contribution in [0.5, 0.6) is 0 Å². The lowest BCUT2D eigenvalue weighted by atomic mass is 10.1. The molecule has 0 aliphatic heterocycles. The van der Waals surface area contributed by atoms with Crippen molar-refractivity contribution in [1.82, 2.24) is 14.5 Å². The number of amides is 1. The van der Waals surface area contributed by atoms with E-state index in [1.165, 1.54) is 18.4 Å².